The van der Waals surface area contributed by atoms with Gasteiger partial charge in [-0.25, -0.2) is 0 Å². The summed E-state index contributed by atoms with van der Waals surface area (Å²) >= 11 is 0. The minimum absolute atomic E-state index is 0. The first kappa shape index (κ1) is 14.7. The largest absolute Gasteiger partial charge is 0.491 e. The molecule has 0 saturated heterocycles. The molecule has 1 aliphatic rings. The zero-order chi connectivity index (χ0) is 12.6. The topological polar surface area (TPSA) is 78.4 Å². The highest BCUT2D eigenvalue weighted by Crippen LogP contribution is 2.34. The van der Waals surface area contributed by atoms with E-state index < -0.39 is 0 Å². The van der Waals surface area contributed by atoms with Crippen LogP contribution in [0.4, 0.5) is 5.69 Å². The average molecular weight is 273 g/mol. The van der Waals surface area contributed by atoms with E-state index in [0.717, 1.165) is 18.4 Å². The molecule has 0 amide bonds. The maximum absolute atomic E-state index is 10.8. The minimum atomic E-state index is -0.378. The molecule has 0 unspecified atom stereocenters. The number of halogens is 1. The summed E-state index contributed by atoms with van der Waals surface area (Å²) in [6.45, 7) is 3.99. The third-order valence-corrected chi connectivity index (χ3v) is 3.10. The maximum atomic E-state index is 10.8. The summed E-state index contributed by atoms with van der Waals surface area (Å²) in [7, 11) is 0. The van der Waals surface area contributed by atoms with Crippen LogP contribution in [-0.2, 0) is 0 Å². The molecule has 0 atom stereocenters. The van der Waals surface area contributed by atoms with Gasteiger partial charge in [-0.05, 0) is 38.3 Å². The SMILES string of the molecule is Cc1cc([N+](=O)[O-])c(C)cc1OCC1(N)CC1.Cl. The fourth-order valence-electron chi connectivity index (χ4n) is 1.65. The molecule has 0 aliphatic heterocycles. The van der Waals surface area contributed by atoms with Crippen LogP contribution in [0, 0.1) is 24.0 Å². The summed E-state index contributed by atoms with van der Waals surface area (Å²) in [5.41, 5.74) is 7.26. The average Bonchev–Trinajstić information content (AvgIpc) is 2.97. The third-order valence-electron chi connectivity index (χ3n) is 3.10. The van der Waals surface area contributed by atoms with Crippen molar-refractivity contribution >= 4 is 18.1 Å². The Bertz CT molecular complexity index is 473. The van der Waals surface area contributed by atoms with Crippen molar-refractivity contribution in [2.24, 2.45) is 5.73 Å². The van der Waals surface area contributed by atoms with Crippen LogP contribution in [0.15, 0.2) is 12.1 Å². The second-order valence-electron chi connectivity index (χ2n) is 4.81. The van der Waals surface area contributed by atoms with Crippen LogP contribution >= 0.6 is 12.4 Å². The number of nitrogens with two attached hydrogens (primary N) is 1. The normalized spacial score (nSPS) is 15.7. The lowest BCUT2D eigenvalue weighted by molar-refractivity contribution is -0.385. The van der Waals surface area contributed by atoms with E-state index in [-0.39, 0.29) is 28.6 Å². The van der Waals surface area contributed by atoms with E-state index in [1.165, 1.54) is 0 Å². The summed E-state index contributed by atoms with van der Waals surface area (Å²) in [5.74, 6) is 0.685. The van der Waals surface area contributed by atoms with Crippen LogP contribution in [0.2, 0.25) is 0 Å². The third kappa shape index (κ3) is 3.11. The lowest BCUT2D eigenvalue weighted by Crippen LogP contribution is -2.29. The van der Waals surface area contributed by atoms with Gasteiger partial charge in [-0.15, -0.1) is 12.4 Å². The van der Waals surface area contributed by atoms with Gasteiger partial charge in [0.05, 0.1) is 10.5 Å². The molecule has 18 heavy (non-hydrogen) atoms. The summed E-state index contributed by atoms with van der Waals surface area (Å²) in [6, 6.07) is 3.25. The summed E-state index contributed by atoms with van der Waals surface area (Å²) in [6.07, 6.45) is 1.97. The molecule has 0 radical (unpaired) electrons. The first-order chi connectivity index (χ1) is 7.91. The molecule has 1 aromatic rings. The number of aryl methyl sites for hydroxylation is 2. The van der Waals surface area contributed by atoms with Gasteiger partial charge in [0.25, 0.3) is 5.69 Å². The van der Waals surface area contributed by atoms with Gasteiger partial charge in [-0.1, -0.05) is 0 Å². The lowest BCUT2D eigenvalue weighted by atomic mass is 10.1. The molecular weight excluding hydrogens is 256 g/mol. The Balaban J connectivity index is 0.00000162. The number of hydrogen-bond acceptors (Lipinski definition) is 4. The number of nitrogens with zero attached hydrogens (tertiary/aromatic N) is 1. The van der Waals surface area contributed by atoms with E-state index in [1.54, 1.807) is 26.0 Å². The van der Waals surface area contributed by atoms with E-state index in [1.807, 2.05) is 0 Å². The molecule has 0 spiro atoms. The zero-order valence-electron chi connectivity index (χ0n) is 10.4. The van der Waals surface area contributed by atoms with Gasteiger partial charge in [0.15, 0.2) is 0 Å². The number of ether oxygens (including phenoxy) is 1. The maximum Gasteiger partial charge on any atom is 0.272 e. The van der Waals surface area contributed by atoms with Gasteiger partial charge in [0.2, 0.25) is 0 Å². The second-order valence-corrected chi connectivity index (χ2v) is 4.81. The number of nitro benzene ring substituents is 1. The smallest absolute Gasteiger partial charge is 0.272 e. The van der Waals surface area contributed by atoms with Crippen LogP contribution in [0.3, 0.4) is 0 Å². The Labute approximate surface area is 112 Å². The number of rotatable bonds is 4. The van der Waals surface area contributed by atoms with Crippen LogP contribution in [0.1, 0.15) is 24.0 Å². The predicted octanol–water partition coefficient (Wildman–Crippen LogP) is 2.50. The van der Waals surface area contributed by atoms with Gasteiger partial charge < -0.3 is 10.5 Å². The predicted molar refractivity (Wildman–Crippen MR) is 71.5 cm³/mol. The highest BCUT2D eigenvalue weighted by molar-refractivity contribution is 5.85. The molecule has 1 aliphatic carbocycles. The highest BCUT2D eigenvalue weighted by Gasteiger charge is 2.39. The van der Waals surface area contributed by atoms with Crippen molar-refractivity contribution < 1.29 is 9.66 Å². The van der Waals surface area contributed by atoms with Crippen molar-refractivity contribution in [1.82, 2.24) is 0 Å². The quantitative estimate of drug-likeness (QED) is 0.675. The standard InChI is InChI=1S/C12H16N2O3.ClH/c1-8-6-11(17-7-12(13)3-4-12)9(2)5-10(8)14(15)16;/h5-6H,3-4,7,13H2,1-2H3;1H. The Morgan fingerprint density at radius 1 is 1.39 bits per heavy atom. The van der Waals surface area contributed by atoms with Gasteiger partial charge in [0, 0.05) is 11.6 Å². The number of hydrogen-bond donors (Lipinski definition) is 1. The first-order valence-electron chi connectivity index (χ1n) is 5.59. The fourth-order valence-corrected chi connectivity index (χ4v) is 1.65. The Morgan fingerprint density at radius 3 is 2.50 bits per heavy atom. The molecule has 2 N–H and O–H groups in total. The molecule has 0 aromatic heterocycles. The van der Waals surface area contributed by atoms with Gasteiger partial charge >= 0.3 is 0 Å². The van der Waals surface area contributed by atoms with Crippen molar-refractivity contribution in [3.8, 4) is 5.75 Å². The fraction of sp³-hybridized carbons (Fsp3) is 0.500. The Hall–Kier alpha value is -1.33. The Morgan fingerprint density at radius 2 is 2.00 bits per heavy atom. The van der Waals surface area contributed by atoms with Gasteiger partial charge in [-0.3, -0.25) is 10.1 Å². The highest BCUT2D eigenvalue weighted by atomic mass is 35.5. The molecule has 1 saturated carbocycles. The molecule has 1 fully saturated rings. The molecule has 6 heteroatoms. The van der Waals surface area contributed by atoms with Crippen molar-refractivity contribution in [3.05, 3.63) is 33.4 Å². The molecule has 1 aromatic carbocycles. The van der Waals surface area contributed by atoms with E-state index >= 15 is 0 Å². The van der Waals surface area contributed by atoms with Crippen molar-refractivity contribution in [3.63, 3.8) is 0 Å². The van der Waals surface area contributed by atoms with Gasteiger partial charge in [0.1, 0.15) is 12.4 Å². The van der Waals surface area contributed by atoms with Crippen LogP contribution in [0.25, 0.3) is 0 Å². The summed E-state index contributed by atoms with van der Waals surface area (Å²) in [4.78, 5) is 10.4. The Kier molecular flexibility index (Phi) is 4.19. The monoisotopic (exact) mass is 272 g/mol. The molecule has 0 heterocycles. The van der Waals surface area contributed by atoms with Crippen LogP contribution < -0.4 is 10.5 Å². The van der Waals surface area contributed by atoms with Crippen molar-refractivity contribution in [2.45, 2.75) is 32.2 Å². The number of benzene rings is 1. The van der Waals surface area contributed by atoms with Crippen LogP contribution in [0.5, 0.6) is 5.75 Å². The molecule has 100 valence electrons. The van der Waals surface area contributed by atoms with Crippen molar-refractivity contribution in [2.75, 3.05) is 6.61 Å². The lowest BCUT2D eigenvalue weighted by Gasteiger charge is -2.13. The summed E-state index contributed by atoms with van der Waals surface area (Å²) < 4.78 is 5.63. The number of nitro groups is 1. The second kappa shape index (κ2) is 5.12. The van der Waals surface area contributed by atoms with E-state index in [4.69, 9.17) is 10.5 Å². The van der Waals surface area contributed by atoms with E-state index in [0.29, 0.717) is 17.9 Å². The molecule has 5 nitrogen and oxygen atoms in total. The molecule has 0 bridgehead atoms. The minimum Gasteiger partial charge on any atom is -0.491 e. The van der Waals surface area contributed by atoms with Crippen LogP contribution in [-0.4, -0.2) is 17.1 Å². The molecule has 2 rings (SSSR count). The van der Waals surface area contributed by atoms with E-state index in [9.17, 15) is 10.1 Å². The van der Waals surface area contributed by atoms with E-state index in [2.05, 4.69) is 0 Å². The first-order valence-corrected chi connectivity index (χ1v) is 5.59. The van der Waals surface area contributed by atoms with Gasteiger partial charge in [-0.2, -0.15) is 0 Å². The molecular formula is C12H17ClN2O3. The zero-order valence-corrected chi connectivity index (χ0v) is 11.3. The van der Waals surface area contributed by atoms with Crippen molar-refractivity contribution in [1.29, 1.82) is 0 Å². The summed E-state index contributed by atoms with van der Waals surface area (Å²) in [5, 5.41) is 10.8.